The maximum Gasteiger partial charge on any atom is 0.146 e. The molecule has 2 nitrogen and oxygen atoms in total. The minimum atomic E-state index is -0.480. The average molecular weight is 189 g/mol. The molecule has 12 heavy (non-hydrogen) atoms. The zero-order valence-corrected chi connectivity index (χ0v) is 7.40. The van der Waals surface area contributed by atoms with Crippen molar-refractivity contribution in [1.29, 1.82) is 0 Å². The monoisotopic (exact) mass is 188 g/mol. The van der Waals surface area contributed by atoms with E-state index < -0.39 is 5.82 Å². The van der Waals surface area contributed by atoms with Crippen molar-refractivity contribution in [3.63, 3.8) is 0 Å². The third-order valence-electron chi connectivity index (χ3n) is 1.61. The van der Waals surface area contributed by atoms with Gasteiger partial charge in [0.05, 0.1) is 5.69 Å². The van der Waals surface area contributed by atoms with Crippen molar-refractivity contribution >= 4 is 17.3 Å². The second-order valence-corrected chi connectivity index (χ2v) is 3.09. The summed E-state index contributed by atoms with van der Waals surface area (Å²) in [5, 5.41) is 0.406. The number of benzene rings is 1. The van der Waals surface area contributed by atoms with Gasteiger partial charge in [-0.3, -0.25) is 0 Å². The smallest absolute Gasteiger partial charge is 0.146 e. The van der Waals surface area contributed by atoms with Gasteiger partial charge in [0.1, 0.15) is 5.82 Å². The summed E-state index contributed by atoms with van der Waals surface area (Å²) in [6.45, 7) is 1.73. The van der Waals surface area contributed by atoms with E-state index in [0.29, 0.717) is 10.6 Å². The lowest BCUT2D eigenvalue weighted by Gasteiger charge is -2.09. The van der Waals surface area contributed by atoms with Crippen molar-refractivity contribution in [3.8, 4) is 0 Å². The zero-order chi connectivity index (χ0) is 9.30. The van der Waals surface area contributed by atoms with Gasteiger partial charge in [0.2, 0.25) is 0 Å². The Morgan fingerprint density at radius 3 is 2.58 bits per heavy atom. The standard InChI is InChI=1S/C8H10ClFN2/c1-4(11)5-2-7(10)8(12)3-6(5)9/h2-4H,11-12H2,1H3/t4-/m0/s1. The van der Waals surface area contributed by atoms with Crippen LogP contribution in [-0.2, 0) is 0 Å². The van der Waals surface area contributed by atoms with Crippen molar-refractivity contribution in [3.05, 3.63) is 28.5 Å². The molecule has 0 heterocycles. The molecule has 1 atom stereocenters. The summed E-state index contributed by atoms with van der Waals surface area (Å²) in [4.78, 5) is 0. The maximum atomic E-state index is 12.9. The molecule has 0 aromatic heterocycles. The Morgan fingerprint density at radius 1 is 1.50 bits per heavy atom. The first-order valence-corrected chi connectivity index (χ1v) is 3.90. The second kappa shape index (κ2) is 3.29. The minimum Gasteiger partial charge on any atom is -0.396 e. The molecule has 0 saturated heterocycles. The molecule has 4 heteroatoms. The molecule has 4 N–H and O–H groups in total. The van der Waals surface area contributed by atoms with E-state index in [0.717, 1.165) is 0 Å². The van der Waals surface area contributed by atoms with Gasteiger partial charge in [0.15, 0.2) is 0 Å². The number of hydrogen-bond donors (Lipinski definition) is 2. The van der Waals surface area contributed by atoms with Gasteiger partial charge in [-0.15, -0.1) is 0 Å². The SMILES string of the molecule is C[C@H](N)c1cc(F)c(N)cc1Cl. The third kappa shape index (κ3) is 1.68. The van der Waals surface area contributed by atoms with Gasteiger partial charge in [-0.1, -0.05) is 11.6 Å². The lowest BCUT2D eigenvalue weighted by molar-refractivity contribution is 0.627. The van der Waals surface area contributed by atoms with Crippen LogP contribution in [0.15, 0.2) is 12.1 Å². The van der Waals surface area contributed by atoms with E-state index in [1.807, 2.05) is 0 Å². The van der Waals surface area contributed by atoms with Gasteiger partial charge in [-0.2, -0.15) is 0 Å². The van der Waals surface area contributed by atoms with Crippen LogP contribution in [0.25, 0.3) is 0 Å². The molecule has 66 valence electrons. The van der Waals surface area contributed by atoms with Crippen LogP contribution >= 0.6 is 11.6 Å². The van der Waals surface area contributed by atoms with E-state index >= 15 is 0 Å². The summed E-state index contributed by atoms with van der Waals surface area (Å²) >= 11 is 5.77. The lowest BCUT2D eigenvalue weighted by Crippen LogP contribution is -2.07. The van der Waals surface area contributed by atoms with Crippen molar-refractivity contribution in [1.82, 2.24) is 0 Å². The van der Waals surface area contributed by atoms with E-state index in [1.54, 1.807) is 6.92 Å². The van der Waals surface area contributed by atoms with Gasteiger partial charge >= 0.3 is 0 Å². The molecule has 1 aromatic rings. The molecule has 0 unspecified atom stereocenters. The van der Waals surface area contributed by atoms with Crippen LogP contribution in [-0.4, -0.2) is 0 Å². The van der Waals surface area contributed by atoms with E-state index in [2.05, 4.69) is 0 Å². The molecular formula is C8H10ClFN2. The minimum absolute atomic E-state index is 0.0457. The summed E-state index contributed by atoms with van der Waals surface area (Å²) in [7, 11) is 0. The maximum absolute atomic E-state index is 12.9. The van der Waals surface area contributed by atoms with E-state index in [1.165, 1.54) is 12.1 Å². The molecule has 0 aliphatic rings. The summed E-state index contributed by atoms with van der Waals surface area (Å²) in [5.41, 5.74) is 11.4. The topological polar surface area (TPSA) is 52.0 Å². The molecule has 0 aliphatic carbocycles. The Labute approximate surface area is 75.3 Å². The fourth-order valence-corrected chi connectivity index (χ4v) is 1.27. The first-order chi connectivity index (χ1) is 5.52. The number of hydrogen-bond acceptors (Lipinski definition) is 2. The Morgan fingerprint density at radius 2 is 2.08 bits per heavy atom. The zero-order valence-electron chi connectivity index (χ0n) is 6.64. The van der Waals surface area contributed by atoms with Crippen molar-refractivity contribution < 1.29 is 4.39 Å². The predicted octanol–water partition coefficient (Wildman–Crippen LogP) is 2.08. The quantitative estimate of drug-likeness (QED) is 0.663. The average Bonchev–Trinajstić information content (AvgIpc) is 1.96. The fourth-order valence-electron chi connectivity index (χ4n) is 0.927. The fraction of sp³-hybridized carbons (Fsp3) is 0.250. The van der Waals surface area contributed by atoms with Gasteiger partial charge in [0, 0.05) is 11.1 Å². The van der Waals surface area contributed by atoms with Crippen molar-refractivity contribution in [2.45, 2.75) is 13.0 Å². The Balaban J connectivity index is 3.23. The number of nitrogens with two attached hydrogens (primary N) is 2. The van der Waals surface area contributed by atoms with Crippen LogP contribution in [0.5, 0.6) is 0 Å². The van der Waals surface area contributed by atoms with Crippen LogP contribution in [0.3, 0.4) is 0 Å². The van der Waals surface area contributed by atoms with E-state index in [4.69, 9.17) is 23.1 Å². The number of rotatable bonds is 1. The number of halogens is 2. The summed E-state index contributed by atoms with van der Waals surface area (Å²) < 4.78 is 12.9. The molecule has 0 aliphatic heterocycles. The summed E-state index contributed by atoms with van der Waals surface area (Å²) in [6, 6.07) is 2.35. The number of nitrogen functional groups attached to an aromatic ring is 1. The molecule has 0 radical (unpaired) electrons. The van der Waals surface area contributed by atoms with Crippen molar-refractivity contribution in [2.75, 3.05) is 5.73 Å². The summed E-state index contributed by atoms with van der Waals surface area (Å²) in [6.07, 6.45) is 0. The van der Waals surface area contributed by atoms with E-state index in [9.17, 15) is 4.39 Å². The Bertz CT molecular complexity index is 299. The van der Waals surface area contributed by atoms with E-state index in [-0.39, 0.29) is 11.7 Å². The highest BCUT2D eigenvalue weighted by Gasteiger charge is 2.08. The first-order valence-electron chi connectivity index (χ1n) is 3.52. The second-order valence-electron chi connectivity index (χ2n) is 2.68. The molecule has 0 bridgehead atoms. The largest absolute Gasteiger partial charge is 0.396 e. The third-order valence-corrected chi connectivity index (χ3v) is 1.93. The molecule has 0 spiro atoms. The highest BCUT2D eigenvalue weighted by Crippen LogP contribution is 2.25. The first kappa shape index (κ1) is 9.29. The Hall–Kier alpha value is -0.800. The highest BCUT2D eigenvalue weighted by atomic mass is 35.5. The lowest BCUT2D eigenvalue weighted by atomic mass is 10.1. The molecule has 1 rings (SSSR count). The van der Waals surface area contributed by atoms with Gasteiger partial charge < -0.3 is 11.5 Å². The van der Waals surface area contributed by atoms with Crippen LogP contribution in [0.4, 0.5) is 10.1 Å². The normalized spacial score (nSPS) is 13.0. The predicted molar refractivity (Wildman–Crippen MR) is 48.4 cm³/mol. The summed E-state index contributed by atoms with van der Waals surface area (Å²) in [5.74, 6) is -0.480. The van der Waals surface area contributed by atoms with Gasteiger partial charge in [0.25, 0.3) is 0 Å². The van der Waals surface area contributed by atoms with Crippen LogP contribution in [0.2, 0.25) is 5.02 Å². The number of anilines is 1. The molecule has 0 amide bonds. The van der Waals surface area contributed by atoms with Crippen LogP contribution < -0.4 is 11.5 Å². The Kier molecular flexibility index (Phi) is 2.55. The highest BCUT2D eigenvalue weighted by molar-refractivity contribution is 6.31. The molecular weight excluding hydrogens is 179 g/mol. The van der Waals surface area contributed by atoms with Crippen LogP contribution in [0.1, 0.15) is 18.5 Å². The van der Waals surface area contributed by atoms with Crippen LogP contribution in [0, 0.1) is 5.82 Å². The molecule has 0 saturated carbocycles. The van der Waals surface area contributed by atoms with Gasteiger partial charge in [-0.25, -0.2) is 4.39 Å². The molecule has 1 aromatic carbocycles. The van der Waals surface area contributed by atoms with Gasteiger partial charge in [-0.05, 0) is 24.6 Å². The van der Waals surface area contributed by atoms with Crippen molar-refractivity contribution in [2.24, 2.45) is 5.73 Å². The molecule has 0 fully saturated rings.